The van der Waals surface area contributed by atoms with Gasteiger partial charge in [0.25, 0.3) is 5.91 Å². The first-order valence-electron chi connectivity index (χ1n) is 8.40. The Hall–Kier alpha value is -2.04. The average molecular weight is 333 g/mol. The van der Waals surface area contributed by atoms with Crippen LogP contribution >= 0.6 is 0 Å². The maximum absolute atomic E-state index is 12.2. The molecule has 1 aliphatic heterocycles. The van der Waals surface area contributed by atoms with E-state index in [9.17, 15) is 9.59 Å². The Balaban J connectivity index is 1.80. The summed E-state index contributed by atoms with van der Waals surface area (Å²) < 4.78 is 10.4. The Morgan fingerprint density at radius 3 is 2.21 bits per heavy atom. The van der Waals surface area contributed by atoms with Crippen molar-refractivity contribution in [1.82, 2.24) is 4.90 Å². The summed E-state index contributed by atoms with van der Waals surface area (Å²) in [5, 5.41) is 0. The summed E-state index contributed by atoms with van der Waals surface area (Å²) in [4.78, 5) is 25.5. The number of rotatable bonds is 4. The van der Waals surface area contributed by atoms with E-state index in [0.717, 1.165) is 0 Å². The van der Waals surface area contributed by atoms with Crippen molar-refractivity contribution >= 4 is 11.9 Å². The van der Waals surface area contributed by atoms with Crippen LogP contribution in [0.4, 0.5) is 0 Å². The molecule has 5 heteroatoms. The molecule has 1 aliphatic rings. The number of hydrogen-bond acceptors (Lipinski definition) is 4. The number of esters is 1. The van der Waals surface area contributed by atoms with Gasteiger partial charge in [0.1, 0.15) is 5.75 Å². The number of benzene rings is 1. The second kappa shape index (κ2) is 7.69. The van der Waals surface area contributed by atoms with Gasteiger partial charge in [0.15, 0.2) is 6.61 Å². The van der Waals surface area contributed by atoms with E-state index in [1.54, 1.807) is 4.90 Å². The number of ether oxygens (including phenoxy) is 2. The standard InChI is InChI=1S/C19H27NO4/c1-19(2,3)15-5-7-16(8-6-15)24-13-17(21)20-11-9-14(10-12-20)18(22)23-4/h5-8,14H,9-13H2,1-4H3. The number of piperidine rings is 1. The lowest BCUT2D eigenvalue weighted by Crippen LogP contribution is -2.42. The maximum Gasteiger partial charge on any atom is 0.308 e. The smallest absolute Gasteiger partial charge is 0.308 e. The molecular formula is C19H27NO4. The second-order valence-electron chi connectivity index (χ2n) is 7.24. The van der Waals surface area contributed by atoms with E-state index in [2.05, 4.69) is 20.8 Å². The van der Waals surface area contributed by atoms with E-state index in [-0.39, 0.29) is 29.8 Å². The van der Waals surface area contributed by atoms with Gasteiger partial charge in [-0.15, -0.1) is 0 Å². The van der Waals surface area contributed by atoms with Gasteiger partial charge >= 0.3 is 5.97 Å². The molecule has 5 nitrogen and oxygen atoms in total. The summed E-state index contributed by atoms with van der Waals surface area (Å²) >= 11 is 0. The minimum Gasteiger partial charge on any atom is -0.484 e. The summed E-state index contributed by atoms with van der Waals surface area (Å²) in [6.45, 7) is 7.65. The Kier molecular flexibility index (Phi) is 5.86. The number of hydrogen-bond donors (Lipinski definition) is 0. The van der Waals surface area contributed by atoms with Crippen LogP contribution in [-0.4, -0.2) is 43.6 Å². The molecule has 24 heavy (non-hydrogen) atoms. The Morgan fingerprint density at radius 1 is 1.12 bits per heavy atom. The molecule has 2 rings (SSSR count). The third kappa shape index (κ3) is 4.73. The van der Waals surface area contributed by atoms with Gasteiger partial charge in [-0.1, -0.05) is 32.9 Å². The highest BCUT2D eigenvalue weighted by atomic mass is 16.5. The SMILES string of the molecule is COC(=O)C1CCN(C(=O)COc2ccc(C(C)(C)C)cc2)CC1. The lowest BCUT2D eigenvalue weighted by atomic mass is 9.87. The lowest BCUT2D eigenvalue weighted by Gasteiger charge is -2.30. The monoisotopic (exact) mass is 333 g/mol. The van der Waals surface area contributed by atoms with Crippen molar-refractivity contribution in [1.29, 1.82) is 0 Å². The molecule has 132 valence electrons. The first kappa shape index (κ1) is 18.3. The molecule has 0 aliphatic carbocycles. The number of likely N-dealkylation sites (tertiary alicyclic amines) is 1. The predicted octanol–water partition coefficient (Wildman–Crippen LogP) is 2.77. The van der Waals surface area contributed by atoms with Crippen molar-refractivity contribution in [2.24, 2.45) is 5.92 Å². The molecule has 0 atom stereocenters. The number of methoxy groups -OCH3 is 1. The van der Waals surface area contributed by atoms with Crippen molar-refractivity contribution < 1.29 is 19.1 Å². The summed E-state index contributed by atoms with van der Waals surface area (Å²) in [7, 11) is 1.40. The molecule has 0 spiro atoms. The van der Waals surface area contributed by atoms with Crippen molar-refractivity contribution in [3.8, 4) is 5.75 Å². The van der Waals surface area contributed by atoms with Gasteiger partial charge in [-0.2, -0.15) is 0 Å². The normalized spacial score (nSPS) is 15.9. The Labute approximate surface area is 143 Å². The fourth-order valence-corrected chi connectivity index (χ4v) is 2.82. The van der Waals surface area contributed by atoms with E-state index in [1.807, 2.05) is 24.3 Å². The predicted molar refractivity (Wildman–Crippen MR) is 92.0 cm³/mol. The van der Waals surface area contributed by atoms with E-state index >= 15 is 0 Å². The van der Waals surface area contributed by atoms with E-state index in [0.29, 0.717) is 31.7 Å². The lowest BCUT2D eigenvalue weighted by molar-refractivity contribution is -0.149. The first-order valence-corrected chi connectivity index (χ1v) is 8.40. The van der Waals surface area contributed by atoms with Gasteiger partial charge in [0, 0.05) is 13.1 Å². The van der Waals surface area contributed by atoms with Gasteiger partial charge in [-0.3, -0.25) is 9.59 Å². The zero-order valence-electron chi connectivity index (χ0n) is 15.0. The first-order chi connectivity index (χ1) is 11.3. The van der Waals surface area contributed by atoms with E-state index in [1.165, 1.54) is 12.7 Å². The molecule has 1 amide bonds. The third-order valence-corrected chi connectivity index (χ3v) is 4.46. The number of amides is 1. The maximum atomic E-state index is 12.2. The fourth-order valence-electron chi connectivity index (χ4n) is 2.82. The van der Waals surface area contributed by atoms with Crippen LogP contribution in [-0.2, 0) is 19.7 Å². The molecule has 0 bridgehead atoms. The number of carbonyl (C=O) groups excluding carboxylic acids is 2. The molecule has 0 radical (unpaired) electrons. The molecule has 1 aromatic carbocycles. The molecule has 0 aromatic heterocycles. The number of carbonyl (C=O) groups is 2. The second-order valence-corrected chi connectivity index (χ2v) is 7.24. The Bertz CT molecular complexity index is 566. The highest BCUT2D eigenvalue weighted by molar-refractivity contribution is 5.78. The topological polar surface area (TPSA) is 55.8 Å². The van der Waals surface area contributed by atoms with E-state index in [4.69, 9.17) is 9.47 Å². The summed E-state index contributed by atoms with van der Waals surface area (Å²) in [6, 6.07) is 7.86. The van der Waals surface area contributed by atoms with Gasteiger partial charge in [0.05, 0.1) is 13.0 Å². The van der Waals surface area contributed by atoms with Gasteiger partial charge < -0.3 is 14.4 Å². The van der Waals surface area contributed by atoms with Crippen molar-refractivity contribution in [3.05, 3.63) is 29.8 Å². The largest absolute Gasteiger partial charge is 0.484 e. The molecule has 1 heterocycles. The van der Waals surface area contributed by atoms with Crippen molar-refractivity contribution in [2.45, 2.75) is 39.0 Å². The van der Waals surface area contributed by atoms with Gasteiger partial charge in [-0.25, -0.2) is 0 Å². The third-order valence-electron chi connectivity index (χ3n) is 4.46. The molecule has 0 saturated carbocycles. The zero-order valence-corrected chi connectivity index (χ0v) is 15.0. The van der Waals surface area contributed by atoms with Crippen LogP contribution in [0.15, 0.2) is 24.3 Å². The average Bonchev–Trinajstić information content (AvgIpc) is 2.58. The Morgan fingerprint density at radius 2 is 1.71 bits per heavy atom. The van der Waals surface area contributed by atoms with E-state index < -0.39 is 0 Å². The van der Waals surface area contributed by atoms with Crippen LogP contribution in [0.3, 0.4) is 0 Å². The fraction of sp³-hybridized carbons (Fsp3) is 0.579. The van der Waals surface area contributed by atoms with Crippen molar-refractivity contribution in [2.75, 3.05) is 26.8 Å². The molecule has 1 aromatic rings. The summed E-state index contributed by atoms with van der Waals surface area (Å²) in [6.07, 6.45) is 1.30. The molecular weight excluding hydrogens is 306 g/mol. The molecule has 1 saturated heterocycles. The zero-order chi connectivity index (χ0) is 17.7. The highest BCUT2D eigenvalue weighted by Crippen LogP contribution is 2.24. The van der Waals surface area contributed by atoms with Crippen LogP contribution in [0.5, 0.6) is 5.75 Å². The highest BCUT2D eigenvalue weighted by Gasteiger charge is 2.27. The van der Waals surface area contributed by atoms with Gasteiger partial charge in [0.2, 0.25) is 0 Å². The quantitative estimate of drug-likeness (QED) is 0.795. The summed E-state index contributed by atoms with van der Waals surface area (Å²) in [5.74, 6) is 0.376. The minimum atomic E-state index is -0.183. The van der Waals surface area contributed by atoms with Crippen molar-refractivity contribution in [3.63, 3.8) is 0 Å². The molecule has 1 fully saturated rings. The minimum absolute atomic E-state index is 0.0256. The van der Waals surface area contributed by atoms with Crippen LogP contribution < -0.4 is 4.74 Å². The van der Waals surface area contributed by atoms with Crippen LogP contribution in [0.1, 0.15) is 39.2 Å². The van der Waals surface area contributed by atoms with Gasteiger partial charge in [-0.05, 0) is 36.0 Å². The molecule has 0 N–H and O–H groups in total. The number of nitrogens with zero attached hydrogens (tertiary/aromatic N) is 1. The van der Waals surface area contributed by atoms with Crippen LogP contribution in [0.25, 0.3) is 0 Å². The van der Waals surface area contributed by atoms with Crippen LogP contribution in [0, 0.1) is 5.92 Å². The molecule has 0 unspecified atom stereocenters. The van der Waals surface area contributed by atoms with Crippen LogP contribution in [0.2, 0.25) is 0 Å². The summed E-state index contributed by atoms with van der Waals surface area (Å²) in [5.41, 5.74) is 1.32.